The van der Waals surface area contributed by atoms with E-state index in [-0.39, 0.29) is 29.2 Å². The predicted molar refractivity (Wildman–Crippen MR) is 83.7 cm³/mol. The van der Waals surface area contributed by atoms with E-state index in [2.05, 4.69) is 5.32 Å². The second-order valence-electron chi connectivity index (χ2n) is 5.63. The van der Waals surface area contributed by atoms with Crippen molar-refractivity contribution < 1.29 is 23.6 Å². The van der Waals surface area contributed by atoms with Crippen LogP contribution in [0, 0.1) is 5.82 Å². The molecule has 1 aromatic rings. The van der Waals surface area contributed by atoms with Gasteiger partial charge in [0.25, 0.3) is 11.8 Å². The molecule has 0 bridgehead atoms. The second kappa shape index (κ2) is 7.81. The summed E-state index contributed by atoms with van der Waals surface area (Å²) >= 11 is 0. The smallest absolute Gasteiger partial charge is 0.261 e. The summed E-state index contributed by atoms with van der Waals surface area (Å²) < 4.78 is 13.0. The number of benzene rings is 1. The number of nitrogens with one attached hydrogen (secondary N) is 1. The minimum atomic E-state index is -0.489. The van der Waals surface area contributed by atoms with Crippen molar-refractivity contribution >= 4 is 23.6 Å². The van der Waals surface area contributed by atoms with Crippen LogP contribution in [0.2, 0.25) is 0 Å². The number of rotatable bonds is 3. The number of hydrogen-bond donors (Lipinski definition) is 1. The lowest BCUT2D eigenvalue weighted by atomic mass is 10.1. The molecule has 2 heterocycles. The molecule has 24 heavy (non-hydrogen) atoms. The maximum absolute atomic E-state index is 13.0. The molecule has 1 N–H and O–H groups in total. The Hall–Kier alpha value is -2.57. The van der Waals surface area contributed by atoms with Crippen molar-refractivity contribution in [2.24, 2.45) is 0 Å². The number of nitrogens with zero attached hydrogens (tertiary/aromatic N) is 1. The molecule has 0 spiro atoms. The topological polar surface area (TPSA) is 83.6 Å². The lowest BCUT2D eigenvalue weighted by Gasteiger charge is -2.12. The van der Waals surface area contributed by atoms with E-state index < -0.39 is 5.82 Å². The van der Waals surface area contributed by atoms with Crippen LogP contribution >= 0.6 is 0 Å². The van der Waals surface area contributed by atoms with Gasteiger partial charge >= 0.3 is 0 Å². The molecule has 0 atom stereocenters. The fraction of sp³-hybridized carbons (Fsp3) is 0.412. The molecule has 0 saturated carbocycles. The number of piperidine rings is 1. The quantitative estimate of drug-likeness (QED) is 0.857. The van der Waals surface area contributed by atoms with Crippen LogP contribution in [0.15, 0.2) is 18.2 Å². The van der Waals surface area contributed by atoms with E-state index in [1.807, 2.05) is 6.92 Å². The van der Waals surface area contributed by atoms with Gasteiger partial charge in [0, 0.05) is 19.4 Å². The zero-order chi connectivity index (χ0) is 17.7. The summed E-state index contributed by atoms with van der Waals surface area (Å²) in [5.41, 5.74) is 0.489. The number of carbonyl (C=O) groups excluding carboxylic acids is 4. The molecule has 2 aliphatic rings. The van der Waals surface area contributed by atoms with Crippen LogP contribution in [0.1, 0.15) is 59.7 Å². The number of imide groups is 2. The molecule has 3 rings (SSSR count). The second-order valence-corrected chi connectivity index (χ2v) is 5.63. The highest BCUT2D eigenvalue weighted by molar-refractivity contribution is 6.21. The van der Waals surface area contributed by atoms with Gasteiger partial charge in [-0.2, -0.15) is 0 Å². The molecule has 4 amide bonds. The Morgan fingerprint density at radius 2 is 1.67 bits per heavy atom. The van der Waals surface area contributed by atoms with Gasteiger partial charge in [-0.3, -0.25) is 29.4 Å². The van der Waals surface area contributed by atoms with Gasteiger partial charge in [-0.05, 0) is 31.0 Å². The molecular weight excluding hydrogens is 315 g/mol. The van der Waals surface area contributed by atoms with E-state index in [0.29, 0.717) is 31.4 Å². The first kappa shape index (κ1) is 17.8. The lowest BCUT2D eigenvalue weighted by Crippen LogP contribution is -2.33. The first-order valence-electron chi connectivity index (χ1n) is 7.92. The zero-order valence-corrected chi connectivity index (χ0v) is 13.4. The maximum Gasteiger partial charge on any atom is 0.261 e. The van der Waals surface area contributed by atoms with Gasteiger partial charge in [0.1, 0.15) is 5.82 Å². The molecule has 2 aliphatic heterocycles. The van der Waals surface area contributed by atoms with E-state index in [4.69, 9.17) is 0 Å². The van der Waals surface area contributed by atoms with E-state index in [1.54, 1.807) is 0 Å². The number of hydrogen-bond acceptors (Lipinski definition) is 4. The average Bonchev–Trinajstić information content (AvgIpc) is 2.77. The maximum atomic E-state index is 13.0. The third-order valence-corrected chi connectivity index (χ3v) is 3.75. The van der Waals surface area contributed by atoms with Crippen LogP contribution in [-0.4, -0.2) is 35.1 Å². The van der Waals surface area contributed by atoms with Crippen molar-refractivity contribution in [3.05, 3.63) is 35.1 Å². The number of fused-ring (bicyclic) bond motifs is 1. The minimum Gasteiger partial charge on any atom is -0.296 e. The molecule has 1 aromatic carbocycles. The Bertz CT molecular complexity index is 673. The summed E-state index contributed by atoms with van der Waals surface area (Å²) in [7, 11) is 0. The van der Waals surface area contributed by atoms with Crippen LogP contribution in [0.5, 0.6) is 0 Å². The Morgan fingerprint density at radius 3 is 2.21 bits per heavy atom. The molecule has 128 valence electrons. The number of halogens is 1. The highest BCUT2D eigenvalue weighted by Crippen LogP contribution is 2.23. The Balaban J connectivity index is 0.000000219. The highest BCUT2D eigenvalue weighted by Gasteiger charge is 2.35. The van der Waals surface area contributed by atoms with Crippen molar-refractivity contribution in [2.45, 2.75) is 39.0 Å². The molecule has 1 saturated heterocycles. The third kappa shape index (κ3) is 4.04. The van der Waals surface area contributed by atoms with Crippen molar-refractivity contribution in [2.75, 3.05) is 6.54 Å². The van der Waals surface area contributed by atoms with Crippen LogP contribution in [-0.2, 0) is 9.59 Å². The molecular formula is C17H19FN2O4. The van der Waals surface area contributed by atoms with E-state index >= 15 is 0 Å². The van der Waals surface area contributed by atoms with Gasteiger partial charge in [0.05, 0.1) is 11.1 Å². The van der Waals surface area contributed by atoms with Gasteiger partial charge in [-0.15, -0.1) is 0 Å². The van der Waals surface area contributed by atoms with E-state index in [0.717, 1.165) is 18.9 Å². The summed E-state index contributed by atoms with van der Waals surface area (Å²) in [4.78, 5) is 45.5. The van der Waals surface area contributed by atoms with Gasteiger partial charge in [0.2, 0.25) is 11.8 Å². The lowest BCUT2D eigenvalue weighted by molar-refractivity contribution is -0.132. The number of amides is 4. The summed E-state index contributed by atoms with van der Waals surface area (Å²) in [6, 6.07) is 3.70. The number of unbranched alkanes of at least 4 members (excludes halogenated alkanes) is 1. The summed E-state index contributed by atoms with van der Waals surface area (Å²) in [5, 5.41) is 2.20. The molecule has 0 aromatic heterocycles. The Labute approximate surface area is 139 Å². The SMILES string of the molecule is CCCCN1C(=O)c2ccc(F)cc2C1=O.O=C1CCCC(=O)N1. The number of carbonyl (C=O) groups is 4. The standard InChI is InChI=1S/C12H12FNO2.C5H7NO2/c1-2-3-6-14-11(15)9-5-4-8(13)7-10(9)12(14)16;7-4-2-1-3-5(8)6-4/h4-5,7H,2-3,6H2,1H3;1-3H2,(H,6,7,8). The molecule has 1 fully saturated rings. The van der Waals surface area contributed by atoms with Crippen molar-refractivity contribution in [1.29, 1.82) is 0 Å². The molecule has 0 aliphatic carbocycles. The van der Waals surface area contributed by atoms with Crippen LogP contribution in [0.4, 0.5) is 4.39 Å². The van der Waals surface area contributed by atoms with E-state index in [9.17, 15) is 23.6 Å². The normalized spacial score (nSPS) is 16.5. The average molecular weight is 334 g/mol. The first-order valence-corrected chi connectivity index (χ1v) is 7.92. The van der Waals surface area contributed by atoms with Gasteiger partial charge in [0.15, 0.2) is 0 Å². The van der Waals surface area contributed by atoms with Crippen LogP contribution in [0.25, 0.3) is 0 Å². The van der Waals surface area contributed by atoms with Crippen LogP contribution in [0.3, 0.4) is 0 Å². The molecule has 7 heteroatoms. The van der Waals surface area contributed by atoms with Crippen LogP contribution < -0.4 is 5.32 Å². The molecule has 6 nitrogen and oxygen atoms in total. The fourth-order valence-corrected chi connectivity index (χ4v) is 2.47. The Kier molecular flexibility index (Phi) is 5.78. The molecule has 0 radical (unpaired) electrons. The zero-order valence-electron chi connectivity index (χ0n) is 13.4. The largest absolute Gasteiger partial charge is 0.296 e. The minimum absolute atomic E-state index is 0.138. The van der Waals surface area contributed by atoms with Gasteiger partial charge in [-0.25, -0.2) is 4.39 Å². The van der Waals surface area contributed by atoms with Gasteiger partial charge in [-0.1, -0.05) is 13.3 Å². The first-order chi connectivity index (χ1) is 11.4. The Morgan fingerprint density at radius 1 is 1.04 bits per heavy atom. The fourth-order valence-electron chi connectivity index (χ4n) is 2.47. The summed E-state index contributed by atoms with van der Waals surface area (Å²) in [6.07, 6.45) is 3.40. The van der Waals surface area contributed by atoms with Crippen molar-refractivity contribution in [3.8, 4) is 0 Å². The molecule has 0 unspecified atom stereocenters. The van der Waals surface area contributed by atoms with Gasteiger partial charge < -0.3 is 0 Å². The summed E-state index contributed by atoms with van der Waals surface area (Å²) in [6.45, 7) is 2.39. The van der Waals surface area contributed by atoms with Crippen molar-refractivity contribution in [3.63, 3.8) is 0 Å². The van der Waals surface area contributed by atoms with Crippen molar-refractivity contribution in [1.82, 2.24) is 10.2 Å². The highest BCUT2D eigenvalue weighted by atomic mass is 19.1. The monoisotopic (exact) mass is 334 g/mol. The summed E-state index contributed by atoms with van der Waals surface area (Å²) in [5.74, 6) is -1.46. The van der Waals surface area contributed by atoms with E-state index in [1.165, 1.54) is 17.0 Å². The third-order valence-electron chi connectivity index (χ3n) is 3.75. The predicted octanol–water partition coefficient (Wildman–Crippen LogP) is 2.03.